The predicted molar refractivity (Wildman–Crippen MR) is 91.7 cm³/mol. The molecule has 0 atom stereocenters. The molecular formula is C16H23N5O3. The summed E-state index contributed by atoms with van der Waals surface area (Å²) in [5.41, 5.74) is 1.96. The van der Waals surface area contributed by atoms with Gasteiger partial charge in [0.2, 0.25) is 5.75 Å². The standard InChI is InChI=1S/C16H23N5O3/c1-17-16(19-10-12-5-6-20-21-12)18-9-11-7-13(22-2)15(24-4)14(8-11)23-3/h5-8H,9-10H2,1-4H3,(H,20,21)(H2,17,18,19). The highest BCUT2D eigenvalue weighted by Gasteiger charge is 2.13. The van der Waals surface area contributed by atoms with Gasteiger partial charge in [0, 0.05) is 19.8 Å². The molecule has 0 fully saturated rings. The zero-order valence-electron chi connectivity index (χ0n) is 14.3. The summed E-state index contributed by atoms with van der Waals surface area (Å²) in [5, 5.41) is 13.2. The Bertz CT molecular complexity index is 645. The average molecular weight is 333 g/mol. The van der Waals surface area contributed by atoms with Crippen molar-refractivity contribution >= 4 is 5.96 Å². The number of aromatic amines is 1. The number of benzene rings is 1. The fourth-order valence-electron chi connectivity index (χ4n) is 2.21. The minimum Gasteiger partial charge on any atom is -0.493 e. The van der Waals surface area contributed by atoms with Crippen molar-refractivity contribution in [1.82, 2.24) is 20.8 Å². The number of guanidine groups is 1. The van der Waals surface area contributed by atoms with Gasteiger partial charge in [0.1, 0.15) is 0 Å². The van der Waals surface area contributed by atoms with Crippen LogP contribution in [0.3, 0.4) is 0 Å². The van der Waals surface area contributed by atoms with E-state index in [2.05, 4.69) is 25.8 Å². The van der Waals surface area contributed by atoms with Gasteiger partial charge in [0.05, 0.1) is 33.6 Å². The molecule has 0 spiro atoms. The fraction of sp³-hybridized carbons (Fsp3) is 0.375. The van der Waals surface area contributed by atoms with Crippen LogP contribution < -0.4 is 24.8 Å². The molecule has 1 aromatic carbocycles. The SMILES string of the molecule is CN=C(NCc1cc(OC)c(OC)c(OC)c1)NCc1ccn[nH]1. The van der Waals surface area contributed by atoms with Crippen molar-refractivity contribution in [2.24, 2.45) is 4.99 Å². The summed E-state index contributed by atoms with van der Waals surface area (Å²) in [6.45, 7) is 1.16. The molecular weight excluding hydrogens is 310 g/mol. The molecule has 0 bridgehead atoms. The van der Waals surface area contributed by atoms with E-state index in [0.29, 0.717) is 36.3 Å². The first-order valence-electron chi connectivity index (χ1n) is 7.43. The number of methoxy groups -OCH3 is 3. The summed E-state index contributed by atoms with van der Waals surface area (Å²) in [6, 6.07) is 5.70. The Labute approximate surface area is 141 Å². The highest BCUT2D eigenvalue weighted by atomic mass is 16.5. The Morgan fingerprint density at radius 1 is 1.08 bits per heavy atom. The zero-order valence-corrected chi connectivity index (χ0v) is 14.3. The van der Waals surface area contributed by atoms with Crippen molar-refractivity contribution in [3.63, 3.8) is 0 Å². The van der Waals surface area contributed by atoms with E-state index in [4.69, 9.17) is 14.2 Å². The molecule has 0 saturated heterocycles. The Balaban J connectivity index is 2.01. The quantitative estimate of drug-likeness (QED) is 0.522. The molecule has 2 rings (SSSR count). The van der Waals surface area contributed by atoms with E-state index < -0.39 is 0 Å². The lowest BCUT2D eigenvalue weighted by Gasteiger charge is -2.15. The van der Waals surface area contributed by atoms with Crippen molar-refractivity contribution in [3.8, 4) is 17.2 Å². The number of H-pyrrole nitrogens is 1. The van der Waals surface area contributed by atoms with E-state index in [9.17, 15) is 0 Å². The molecule has 0 saturated carbocycles. The maximum Gasteiger partial charge on any atom is 0.203 e. The zero-order chi connectivity index (χ0) is 17.4. The molecule has 0 amide bonds. The molecule has 0 unspecified atom stereocenters. The molecule has 8 nitrogen and oxygen atoms in total. The number of hydrogen-bond donors (Lipinski definition) is 3. The molecule has 2 aromatic rings. The molecule has 24 heavy (non-hydrogen) atoms. The van der Waals surface area contributed by atoms with Crippen molar-refractivity contribution in [2.75, 3.05) is 28.4 Å². The van der Waals surface area contributed by atoms with Gasteiger partial charge in [-0.3, -0.25) is 10.1 Å². The third kappa shape index (κ3) is 4.31. The van der Waals surface area contributed by atoms with Crippen LogP contribution >= 0.6 is 0 Å². The Morgan fingerprint density at radius 3 is 2.25 bits per heavy atom. The second kappa shape index (κ2) is 8.66. The highest BCUT2D eigenvalue weighted by molar-refractivity contribution is 5.79. The van der Waals surface area contributed by atoms with E-state index in [-0.39, 0.29) is 0 Å². The van der Waals surface area contributed by atoms with E-state index in [1.165, 1.54) is 0 Å². The molecule has 3 N–H and O–H groups in total. The molecule has 1 aromatic heterocycles. The molecule has 0 radical (unpaired) electrons. The van der Waals surface area contributed by atoms with Crippen molar-refractivity contribution in [1.29, 1.82) is 0 Å². The Morgan fingerprint density at radius 2 is 1.75 bits per heavy atom. The van der Waals surface area contributed by atoms with Gasteiger partial charge >= 0.3 is 0 Å². The summed E-state index contributed by atoms with van der Waals surface area (Å²) in [7, 11) is 6.50. The number of nitrogens with zero attached hydrogens (tertiary/aromatic N) is 2. The molecule has 0 aliphatic rings. The van der Waals surface area contributed by atoms with E-state index >= 15 is 0 Å². The normalized spacial score (nSPS) is 11.1. The summed E-state index contributed by atoms with van der Waals surface area (Å²) >= 11 is 0. The number of hydrogen-bond acceptors (Lipinski definition) is 5. The second-order valence-electron chi connectivity index (χ2n) is 4.89. The van der Waals surface area contributed by atoms with Crippen LogP contribution in [0.2, 0.25) is 0 Å². The third-order valence-corrected chi connectivity index (χ3v) is 3.41. The lowest BCUT2D eigenvalue weighted by molar-refractivity contribution is 0.323. The monoisotopic (exact) mass is 333 g/mol. The number of ether oxygens (including phenoxy) is 3. The van der Waals surface area contributed by atoms with Gasteiger partial charge in [-0.1, -0.05) is 0 Å². The molecule has 8 heteroatoms. The maximum atomic E-state index is 5.36. The van der Waals surface area contributed by atoms with Gasteiger partial charge in [-0.25, -0.2) is 0 Å². The summed E-state index contributed by atoms with van der Waals surface area (Å²) in [6.07, 6.45) is 1.71. The van der Waals surface area contributed by atoms with Crippen LogP contribution in [0.15, 0.2) is 29.4 Å². The van der Waals surface area contributed by atoms with Gasteiger partial charge in [-0.05, 0) is 23.8 Å². The van der Waals surface area contributed by atoms with Gasteiger partial charge in [0.15, 0.2) is 17.5 Å². The van der Waals surface area contributed by atoms with E-state index in [1.54, 1.807) is 34.6 Å². The highest BCUT2D eigenvalue weighted by Crippen LogP contribution is 2.38. The third-order valence-electron chi connectivity index (χ3n) is 3.41. The summed E-state index contributed by atoms with van der Waals surface area (Å²) in [4.78, 5) is 4.19. The Kier molecular flexibility index (Phi) is 6.30. The van der Waals surface area contributed by atoms with Crippen molar-refractivity contribution < 1.29 is 14.2 Å². The average Bonchev–Trinajstić information content (AvgIpc) is 3.14. The van der Waals surface area contributed by atoms with Crippen LogP contribution in [0.4, 0.5) is 0 Å². The van der Waals surface area contributed by atoms with Crippen LogP contribution in [0.25, 0.3) is 0 Å². The van der Waals surface area contributed by atoms with Crippen LogP contribution in [-0.4, -0.2) is 44.5 Å². The lowest BCUT2D eigenvalue weighted by atomic mass is 10.2. The van der Waals surface area contributed by atoms with Gasteiger partial charge in [-0.15, -0.1) is 0 Å². The van der Waals surface area contributed by atoms with Crippen LogP contribution in [0.5, 0.6) is 17.2 Å². The largest absolute Gasteiger partial charge is 0.493 e. The molecule has 0 aliphatic carbocycles. The van der Waals surface area contributed by atoms with Gasteiger partial charge in [0.25, 0.3) is 0 Å². The van der Waals surface area contributed by atoms with E-state index in [1.807, 2.05) is 18.2 Å². The number of aliphatic imine (C=N–C) groups is 1. The molecule has 1 heterocycles. The van der Waals surface area contributed by atoms with Crippen LogP contribution in [0.1, 0.15) is 11.3 Å². The maximum absolute atomic E-state index is 5.36. The summed E-state index contributed by atoms with van der Waals surface area (Å²) in [5.74, 6) is 2.49. The van der Waals surface area contributed by atoms with Crippen LogP contribution in [0, 0.1) is 0 Å². The number of aromatic nitrogens is 2. The van der Waals surface area contributed by atoms with Crippen molar-refractivity contribution in [2.45, 2.75) is 13.1 Å². The Hall–Kier alpha value is -2.90. The summed E-state index contributed by atoms with van der Waals surface area (Å²) < 4.78 is 16.0. The first-order chi connectivity index (χ1) is 11.7. The van der Waals surface area contributed by atoms with Crippen LogP contribution in [-0.2, 0) is 13.1 Å². The van der Waals surface area contributed by atoms with E-state index in [0.717, 1.165) is 11.3 Å². The number of nitrogens with one attached hydrogen (secondary N) is 3. The van der Waals surface area contributed by atoms with Gasteiger partial charge < -0.3 is 24.8 Å². The topological polar surface area (TPSA) is 92.8 Å². The first kappa shape index (κ1) is 17.5. The first-order valence-corrected chi connectivity index (χ1v) is 7.43. The number of rotatable bonds is 7. The van der Waals surface area contributed by atoms with Gasteiger partial charge in [-0.2, -0.15) is 5.10 Å². The lowest BCUT2D eigenvalue weighted by Crippen LogP contribution is -2.36. The predicted octanol–water partition coefficient (Wildman–Crippen LogP) is 1.30. The minimum atomic E-state index is 0.555. The second-order valence-corrected chi connectivity index (χ2v) is 4.89. The molecule has 0 aliphatic heterocycles. The van der Waals surface area contributed by atoms with Crippen molar-refractivity contribution in [3.05, 3.63) is 35.7 Å². The smallest absolute Gasteiger partial charge is 0.203 e. The minimum absolute atomic E-state index is 0.555. The fourth-order valence-corrected chi connectivity index (χ4v) is 2.21. The molecule has 130 valence electrons.